The zero-order valence-corrected chi connectivity index (χ0v) is 19.7. The molecule has 0 aromatic heterocycles. The van der Waals surface area contributed by atoms with Gasteiger partial charge in [-0.3, -0.25) is 0 Å². The molecule has 29 heavy (non-hydrogen) atoms. The molecule has 2 nitrogen and oxygen atoms in total. The maximum Gasteiger partial charge on any atom is 0.123 e. The van der Waals surface area contributed by atoms with E-state index in [0.717, 1.165) is 31.9 Å². The molecule has 0 aliphatic carbocycles. The lowest BCUT2D eigenvalue weighted by molar-refractivity contribution is 0.305. The standard InChI is InChI=1S/C27H49NO/c1-3-5-7-8-9-10-11-12-13-14-15-16-17-20-23-28-25-26-21-18-19-22-27(26)29-24-6-4-2/h18-19,21-22,28H,3-17,20,23-25H2,1-2H3. The number of hydrogen-bond acceptors (Lipinski definition) is 2. The maximum absolute atomic E-state index is 5.92. The zero-order chi connectivity index (χ0) is 20.8. The molecule has 1 aromatic rings. The molecule has 0 aliphatic heterocycles. The van der Waals surface area contributed by atoms with Crippen LogP contribution in [0.15, 0.2) is 24.3 Å². The summed E-state index contributed by atoms with van der Waals surface area (Å²) in [5.74, 6) is 1.05. The summed E-state index contributed by atoms with van der Waals surface area (Å²) >= 11 is 0. The zero-order valence-electron chi connectivity index (χ0n) is 19.7. The third-order valence-corrected chi connectivity index (χ3v) is 5.75. The molecule has 168 valence electrons. The Labute approximate surface area is 182 Å². The van der Waals surface area contributed by atoms with Gasteiger partial charge in [-0.1, -0.05) is 122 Å². The number of hydrogen-bond donors (Lipinski definition) is 1. The molecule has 0 atom stereocenters. The van der Waals surface area contributed by atoms with E-state index in [2.05, 4.69) is 43.4 Å². The van der Waals surface area contributed by atoms with Crippen molar-refractivity contribution in [1.29, 1.82) is 0 Å². The van der Waals surface area contributed by atoms with Gasteiger partial charge in [0.15, 0.2) is 0 Å². The van der Waals surface area contributed by atoms with E-state index in [1.807, 2.05) is 0 Å². The van der Waals surface area contributed by atoms with Gasteiger partial charge in [-0.05, 0) is 25.5 Å². The minimum absolute atomic E-state index is 0.826. The van der Waals surface area contributed by atoms with Gasteiger partial charge in [0.1, 0.15) is 5.75 Å². The van der Waals surface area contributed by atoms with E-state index in [9.17, 15) is 0 Å². The predicted molar refractivity (Wildman–Crippen MR) is 129 cm³/mol. The summed E-state index contributed by atoms with van der Waals surface area (Å²) in [5.41, 5.74) is 1.29. The van der Waals surface area contributed by atoms with Crippen LogP contribution in [-0.4, -0.2) is 13.2 Å². The molecule has 0 fully saturated rings. The van der Waals surface area contributed by atoms with E-state index >= 15 is 0 Å². The van der Waals surface area contributed by atoms with Gasteiger partial charge in [0.25, 0.3) is 0 Å². The summed E-state index contributed by atoms with van der Waals surface area (Å²) in [6.45, 7) is 7.35. The Morgan fingerprint density at radius 2 is 1.14 bits per heavy atom. The van der Waals surface area contributed by atoms with Crippen LogP contribution in [0.5, 0.6) is 5.75 Å². The van der Waals surface area contributed by atoms with Gasteiger partial charge in [0.05, 0.1) is 6.61 Å². The van der Waals surface area contributed by atoms with Gasteiger partial charge in [0.2, 0.25) is 0 Å². The van der Waals surface area contributed by atoms with E-state index in [4.69, 9.17) is 4.74 Å². The van der Waals surface area contributed by atoms with Gasteiger partial charge in [-0.2, -0.15) is 0 Å². The van der Waals surface area contributed by atoms with E-state index < -0.39 is 0 Å². The van der Waals surface area contributed by atoms with Gasteiger partial charge >= 0.3 is 0 Å². The van der Waals surface area contributed by atoms with Crippen LogP contribution < -0.4 is 10.1 Å². The summed E-state index contributed by atoms with van der Waals surface area (Å²) < 4.78 is 5.92. The SMILES string of the molecule is CCCCCCCCCCCCCCCCNCc1ccccc1OCCCC. The van der Waals surface area contributed by atoms with Gasteiger partial charge in [-0.25, -0.2) is 0 Å². The molecule has 0 aliphatic rings. The Bertz CT molecular complexity index is 460. The molecule has 0 saturated carbocycles. The van der Waals surface area contributed by atoms with Crippen LogP contribution in [0.2, 0.25) is 0 Å². The third-order valence-electron chi connectivity index (χ3n) is 5.75. The Kier molecular flexibility index (Phi) is 18.2. The third kappa shape index (κ3) is 15.5. The summed E-state index contributed by atoms with van der Waals surface area (Å²) in [6.07, 6.45) is 22.2. The fourth-order valence-corrected chi connectivity index (χ4v) is 3.78. The van der Waals surface area contributed by atoms with Crippen molar-refractivity contribution in [1.82, 2.24) is 5.32 Å². The van der Waals surface area contributed by atoms with Crippen molar-refractivity contribution in [2.45, 2.75) is 123 Å². The first-order chi connectivity index (χ1) is 14.4. The average Bonchev–Trinajstić information content (AvgIpc) is 2.74. The van der Waals surface area contributed by atoms with E-state index in [-0.39, 0.29) is 0 Å². The van der Waals surface area contributed by atoms with Gasteiger partial charge in [-0.15, -0.1) is 0 Å². The quantitative estimate of drug-likeness (QED) is 0.208. The first-order valence-corrected chi connectivity index (χ1v) is 12.8. The molecule has 1 rings (SSSR count). The molecule has 0 heterocycles. The minimum atomic E-state index is 0.826. The maximum atomic E-state index is 5.92. The summed E-state index contributed by atoms with van der Waals surface area (Å²) in [5, 5.41) is 3.60. The highest BCUT2D eigenvalue weighted by Crippen LogP contribution is 2.18. The number of ether oxygens (including phenoxy) is 1. The van der Waals surface area contributed by atoms with E-state index in [1.165, 1.54) is 102 Å². The number of para-hydroxylation sites is 1. The molecule has 0 bridgehead atoms. The minimum Gasteiger partial charge on any atom is -0.493 e. The van der Waals surface area contributed by atoms with Gasteiger partial charge < -0.3 is 10.1 Å². The molecule has 1 aromatic carbocycles. The molecule has 0 unspecified atom stereocenters. The lowest BCUT2D eigenvalue weighted by Crippen LogP contribution is -2.15. The van der Waals surface area contributed by atoms with Crippen LogP contribution in [0.1, 0.15) is 122 Å². The normalized spacial score (nSPS) is 11.1. The molecule has 2 heteroatoms. The van der Waals surface area contributed by atoms with Gasteiger partial charge in [0, 0.05) is 12.1 Å². The van der Waals surface area contributed by atoms with Crippen molar-refractivity contribution in [3.63, 3.8) is 0 Å². The summed E-state index contributed by atoms with van der Waals surface area (Å²) in [7, 11) is 0. The largest absolute Gasteiger partial charge is 0.493 e. The lowest BCUT2D eigenvalue weighted by atomic mass is 10.0. The number of rotatable bonds is 21. The second-order valence-electron chi connectivity index (χ2n) is 8.58. The number of benzene rings is 1. The highest BCUT2D eigenvalue weighted by atomic mass is 16.5. The summed E-state index contributed by atoms with van der Waals surface area (Å²) in [4.78, 5) is 0. The Morgan fingerprint density at radius 1 is 0.621 bits per heavy atom. The summed E-state index contributed by atoms with van der Waals surface area (Å²) in [6, 6.07) is 8.45. The molecule has 0 saturated heterocycles. The second kappa shape index (κ2) is 20.3. The fraction of sp³-hybridized carbons (Fsp3) is 0.778. The highest BCUT2D eigenvalue weighted by Gasteiger charge is 2.02. The molecule has 0 radical (unpaired) electrons. The molecular formula is C27H49NO. The van der Waals surface area contributed by atoms with Crippen LogP contribution in [0.3, 0.4) is 0 Å². The first kappa shape index (κ1) is 26.0. The highest BCUT2D eigenvalue weighted by molar-refractivity contribution is 5.33. The van der Waals surface area contributed by atoms with Crippen molar-refractivity contribution in [2.75, 3.05) is 13.2 Å². The lowest BCUT2D eigenvalue weighted by Gasteiger charge is -2.12. The number of unbranched alkanes of at least 4 members (excludes halogenated alkanes) is 14. The van der Waals surface area contributed by atoms with E-state index in [1.54, 1.807) is 0 Å². The molecule has 0 spiro atoms. The predicted octanol–water partition coefficient (Wildman–Crippen LogP) is 8.44. The second-order valence-corrected chi connectivity index (χ2v) is 8.58. The fourth-order valence-electron chi connectivity index (χ4n) is 3.78. The topological polar surface area (TPSA) is 21.3 Å². The van der Waals surface area contributed by atoms with Crippen LogP contribution in [0, 0.1) is 0 Å². The monoisotopic (exact) mass is 403 g/mol. The Balaban J connectivity index is 1.88. The molecule has 1 N–H and O–H groups in total. The van der Waals surface area contributed by atoms with Crippen molar-refractivity contribution in [3.05, 3.63) is 29.8 Å². The van der Waals surface area contributed by atoms with Crippen LogP contribution >= 0.6 is 0 Å². The smallest absolute Gasteiger partial charge is 0.123 e. The Hall–Kier alpha value is -1.02. The van der Waals surface area contributed by atoms with E-state index in [0.29, 0.717) is 0 Å². The first-order valence-electron chi connectivity index (χ1n) is 12.8. The molecule has 0 amide bonds. The number of nitrogens with one attached hydrogen (secondary N) is 1. The van der Waals surface area contributed by atoms with Crippen LogP contribution in [-0.2, 0) is 6.54 Å². The van der Waals surface area contributed by atoms with Crippen LogP contribution in [0.4, 0.5) is 0 Å². The van der Waals surface area contributed by atoms with Crippen LogP contribution in [0.25, 0.3) is 0 Å². The van der Waals surface area contributed by atoms with Crippen molar-refractivity contribution < 1.29 is 4.74 Å². The van der Waals surface area contributed by atoms with Crippen molar-refractivity contribution in [3.8, 4) is 5.75 Å². The van der Waals surface area contributed by atoms with Crippen molar-refractivity contribution >= 4 is 0 Å². The van der Waals surface area contributed by atoms with Crippen molar-refractivity contribution in [2.24, 2.45) is 0 Å². The Morgan fingerprint density at radius 3 is 1.72 bits per heavy atom. The average molecular weight is 404 g/mol. The molecular weight excluding hydrogens is 354 g/mol.